The Kier molecular flexibility index (Phi) is 5.70. The van der Waals surface area contributed by atoms with Gasteiger partial charge < -0.3 is 15.4 Å². The van der Waals surface area contributed by atoms with Gasteiger partial charge in [0.05, 0.1) is 11.3 Å². The predicted molar refractivity (Wildman–Crippen MR) is 115 cm³/mol. The predicted octanol–water partition coefficient (Wildman–Crippen LogP) is 2.88. The maximum Gasteiger partial charge on any atom is 0.338 e. The third kappa shape index (κ3) is 4.73. The molecule has 1 atom stereocenters. The van der Waals surface area contributed by atoms with Crippen LogP contribution in [0.4, 0.5) is 11.4 Å². The first-order valence-corrected chi connectivity index (χ1v) is 10.9. The van der Waals surface area contributed by atoms with Gasteiger partial charge in [-0.05, 0) is 42.0 Å². The zero-order chi connectivity index (χ0) is 21.8. The summed E-state index contributed by atoms with van der Waals surface area (Å²) in [6, 6.07) is 21.7. The minimum Gasteiger partial charge on any atom is -0.452 e. The van der Waals surface area contributed by atoms with Gasteiger partial charge in [-0.25, -0.2) is 13.2 Å². The minimum absolute atomic E-state index is 0.181. The number of para-hydroxylation sites is 2. The lowest BCUT2D eigenvalue weighted by atomic mass is 10.1. The fraction of sp³-hybridized carbons (Fsp3) is 0.0909. The topological polar surface area (TPSA) is 114 Å². The van der Waals surface area contributed by atoms with Gasteiger partial charge in [0, 0.05) is 5.69 Å². The zero-order valence-electron chi connectivity index (χ0n) is 16.2. The molecule has 3 N–H and O–H groups in total. The fourth-order valence-electron chi connectivity index (χ4n) is 3.12. The van der Waals surface area contributed by atoms with Gasteiger partial charge in [0.15, 0.2) is 6.61 Å². The number of sulfonamides is 1. The second-order valence-electron chi connectivity index (χ2n) is 6.81. The number of carbonyl (C=O) groups excluding carboxylic acids is 2. The first-order chi connectivity index (χ1) is 14.9. The summed E-state index contributed by atoms with van der Waals surface area (Å²) in [5.74, 6) is -1.10. The number of esters is 1. The van der Waals surface area contributed by atoms with E-state index in [2.05, 4.69) is 15.4 Å². The number of benzene rings is 3. The molecule has 0 saturated carbocycles. The van der Waals surface area contributed by atoms with Gasteiger partial charge >= 0.3 is 5.97 Å². The Labute approximate surface area is 179 Å². The highest BCUT2D eigenvalue weighted by Gasteiger charge is 2.29. The Balaban J connectivity index is 1.38. The number of anilines is 2. The van der Waals surface area contributed by atoms with E-state index in [-0.39, 0.29) is 10.5 Å². The van der Waals surface area contributed by atoms with Crippen molar-refractivity contribution in [2.45, 2.75) is 11.1 Å². The van der Waals surface area contributed by atoms with E-state index in [1.54, 1.807) is 54.6 Å². The van der Waals surface area contributed by atoms with Gasteiger partial charge in [-0.3, -0.25) is 4.79 Å². The van der Waals surface area contributed by atoms with Crippen molar-refractivity contribution in [3.8, 4) is 0 Å². The van der Waals surface area contributed by atoms with Crippen LogP contribution in [0.15, 0.2) is 83.8 Å². The molecule has 0 fully saturated rings. The number of rotatable bonds is 5. The molecular weight excluding hydrogens is 418 g/mol. The average Bonchev–Trinajstić information content (AvgIpc) is 2.78. The summed E-state index contributed by atoms with van der Waals surface area (Å²) < 4.78 is 32.5. The second-order valence-corrected chi connectivity index (χ2v) is 8.49. The molecule has 3 aromatic rings. The summed E-state index contributed by atoms with van der Waals surface area (Å²) >= 11 is 0. The Morgan fingerprint density at radius 1 is 0.903 bits per heavy atom. The monoisotopic (exact) mass is 437 g/mol. The third-order valence-corrected chi connectivity index (χ3v) is 6.10. The van der Waals surface area contributed by atoms with Gasteiger partial charge in [0.1, 0.15) is 11.1 Å². The molecule has 4 rings (SSSR count). The Hall–Kier alpha value is -3.69. The van der Waals surface area contributed by atoms with Crippen LogP contribution in [-0.2, 0) is 19.6 Å². The zero-order valence-corrected chi connectivity index (χ0v) is 17.1. The summed E-state index contributed by atoms with van der Waals surface area (Å²) in [5, 5.41) is 5.75. The molecule has 0 aliphatic carbocycles. The lowest BCUT2D eigenvalue weighted by molar-refractivity contribution is -0.119. The Morgan fingerprint density at radius 3 is 2.32 bits per heavy atom. The van der Waals surface area contributed by atoms with Crippen LogP contribution in [0.3, 0.4) is 0 Å². The molecule has 8 nitrogen and oxygen atoms in total. The van der Waals surface area contributed by atoms with Gasteiger partial charge in [-0.2, -0.15) is 4.72 Å². The molecule has 0 spiro atoms. The quantitative estimate of drug-likeness (QED) is 0.529. The van der Waals surface area contributed by atoms with E-state index in [1.807, 2.05) is 6.07 Å². The maximum absolute atomic E-state index is 12.4. The van der Waals surface area contributed by atoms with Crippen molar-refractivity contribution >= 4 is 33.3 Å². The van der Waals surface area contributed by atoms with Crippen LogP contribution in [0.1, 0.15) is 22.1 Å². The van der Waals surface area contributed by atoms with E-state index < -0.39 is 34.7 Å². The lowest BCUT2D eigenvalue weighted by Gasteiger charge is -2.28. The molecule has 158 valence electrons. The number of amides is 1. The van der Waals surface area contributed by atoms with E-state index in [9.17, 15) is 18.0 Å². The molecular formula is C22H19N3O5S. The summed E-state index contributed by atoms with van der Waals surface area (Å²) in [5.41, 5.74) is 1.97. The van der Waals surface area contributed by atoms with Crippen LogP contribution in [0.5, 0.6) is 0 Å². The molecule has 1 heterocycles. The van der Waals surface area contributed by atoms with Crippen molar-refractivity contribution in [1.82, 2.24) is 4.72 Å². The number of carbonyl (C=O) groups is 2. The van der Waals surface area contributed by atoms with Crippen LogP contribution in [-0.4, -0.2) is 26.9 Å². The summed E-state index contributed by atoms with van der Waals surface area (Å²) in [7, 11) is -3.66. The molecule has 0 bridgehead atoms. The smallest absolute Gasteiger partial charge is 0.338 e. The SMILES string of the molecule is O=C(COC(=O)c1ccc([C@@H]2Nc3ccccc3S(=O)(=O)N2)cc1)Nc1ccccc1. The normalized spacial score (nSPS) is 16.5. The standard InChI is InChI=1S/C22H19N3O5S/c26-20(23-17-6-2-1-3-7-17)14-30-22(27)16-12-10-15(11-13-16)21-24-18-8-4-5-9-19(18)31(28,29)25-21/h1-13,21,24-25H,14H2,(H,23,26)/t21-/m1/s1. The van der Waals surface area contributed by atoms with Crippen molar-refractivity contribution in [1.29, 1.82) is 0 Å². The molecule has 1 amide bonds. The molecule has 9 heteroatoms. The molecule has 0 aromatic heterocycles. The van der Waals surface area contributed by atoms with E-state index in [1.165, 1.54) is 18.2 Å². The number of hydrogen-bond donors (Lipinski definition) is 3. The first-order valence-electron chi connectivity index (χ1n) is 9.42. The fourth-order valence-corrected chi connectivity index (χ4v) is 4.43. The second kappa shape index (κ2) is 8.58. The highest BCUT2D eigenvalue weighted by molar-refractivity contribution is 7.89. The first kappa shape index (κ1) is 20.6. The molecule has 0 unspecified atom stereocenters. The highest BCUT2D eigenvalue weighted by atomic mass is 32.2. The Bertz CT molecular complexity index is 1210. The molecule has 31 heavy (non-hydrogen) atoms. The summed E-state index contributed by atoms with van der Waals surface area (Å²) in [6.07, 6.45) is -0.679. The molecule has 3 aromatic carbocycles. The molecule has 1 aliphatic rings. The number of hydrogen-bond acceptors (Lipinski definition) is 6. The van der Waals surface area contributed by atoms with E-state index in [0.29, 0.717) is 16.9 Å². The van der Waals surface area contributed by atoms with E-state index >= 15 is 0 Å². The number of ether oxygens (including phenoxy) is 1. The third-order valence-electron chi connectivity index (χ3n) is 4.62. The lowest BCUT2D eigenvalue weighted by Crippen LogP contribution is -2.38. The Morgan fingerprint density at radius 2 is 1.58 bits per heavy atom. The van der Waals surface area contributed by atoms with E-state index in [0.717, 1.165) is 0 Å². The summed E-state index contributed by atoms with van der Waals surface area (Å²) in [6.45, 7) is -0.420. The van der Waals surface area contributed by atoms with Crippen molar-refractivity contribution < 1.29 is 22.7 Å². The number of nitrogens with one attached hydrogen (secondary N) is 3. The summed E-state index contributed by atoms with van der Waals surface area (Å²) in [4.78, 5) is 24.3. The highest BCUT2D eigenvalue weighted by Crippen LogP contribution is 2.30. The van der Waals surface area contributed by atoms with Gasteiger partial charge in [-0.15, -0.1) is 0 Å². The van der Waals surface area contributed by atoms with Crippen molar-refractivity contribution in [2.24, 2.45) is 0 Å². The minimum atomic E-state index is -3.66. The van der Waals surface area contributed by atoms with Crippen molar-refractivity contribution in [3.05, 3.63) is 90.0 Å². The van der Waals surface area contributed by atoms with Crippen LogP contribution in [0.25, 0.3) is 0 Å². The van der Waals surface area contributed by atoms with Crippen LogP contribution in [0.2, 0.25) is 0 Å². The van der Waals surface area contributed by atoms with Crippen LogP contribution in [0, 0.1) is 0 Å². The average molecular weight is 437 g/mol. The van der Waals surface area contributed by atoms with Gasteiger partial charge in [-0.1, -0.05) is 42.5 Å². The van der Waals surface area contributed by atoms with Crippen molar-refractivity contribution in [3.63, 3.8) is 0 Å². The largest absolute Gasteiger partial charge is 0.452 e. The van der Waals surface area contributed by atoms with Crippen LogP contribution >= 0.6 is 0 Å². The molecule has 0 radical (unpaired) electrons. The van der Waals surface area contributed by atoms with Crippen molar-refractivity contribution in [2.75, 3.05) is 17.2 Å². The maximum atomic E-state index is 12.4. The van der Waals surface area contributed by atoms with E-state index in [4.69, 9.17) is 4.74 Å². The van der Waals surface area contributed by atoms with Gasteiger partial charge in [0.2, 0.25) is 10.0 Å². The van der Waals surface area contributed by atoms with Crippen LogP contribution < -0.4 is 15.4 Å². The molecule has 1 aliphatic heterocycles. The van der Waals surface area contributed by atoms with Gasteiger partial charge in [0.25, 0.3) is 5.91 Å². The molecule has 0 saturated heterocycles. The number of fused-ring (bicyclic) bond motifs is 1.